The summed E-state index contributed by atoms with van der Waals surface area (Å²) in [6.45, 7) is 7.21. The minimum atomic E-state index is 0.0276. The first-order chi connectivity index (χ1) is 11.6. The molecule has 4 nitrogen and oxygen atoms in total. The zero-order valence-corrected chi connectivity index (χ0v) is 14.4. The van der Waals surface area contributed by atoms with Crippen molar-refractivity contribution in [2.24, 2.45) is 0 Å². The highest BCUT2D eigenvalue weighted by atomic mass is 16.2. The number of carbonyl (C=O) groups excluding carboxylic acids is 1. The van der Waals surface area contributed by atoms with Crippen LogP contribution in [0.3, 0.4) is 0 Å². The summed E-state index contributed by atoms with van der Waals surface area (Å²) in [5, 5.41) is 6.50. The molecule has 4 heteroatoms. The van der Waals surface area contributed by atoms with Gasteiger partial charge in [0.2, 0.25) is 5.91 Å². The van der Waals surface area contributed by atoms with Gasteiger partial charge in [0.1, 0.15) is 0 Å². The van der Waals surface area contributed by atoms with Crippen molar-refractivity contribution in [2.75, 3.05) is 29.9 Å². The maximum absolute atomic E-state index is 12.6. The Morgan fingerprint density at radius 1 is 1.17 bits per heavy atom. The third-order valence-electron chi connectivity index (χ3n) is 4.40. The fraction of sp³-hybridized carbons (Fsp3) is 0.350. The topological polar surface area (TPSA) is 44.4 Å². The van der Waals surface area contributed by atoms with Crippen molar-refractivity contribution < 1.29 is 4.79 Å². The summed E-state index contributed by atoms with van der Waals surface area (Å²) in [5.74, 6) is 0.407. The van der Waals surface area contributed by atoms with Gasteiger partial charge in [-0.2, -0.15) is 0 Å². The van der Waals surface area contributed by atoms with E-state index in [4.69, 9.17) is 0 Å². The number of anilines is 2. The minimum absolute atomic E-state index is 0.0276. The highest BCUT2D eigenvalue weighted by Gasteiger charge is 2.18. The van der Waals surface area contributed by atoms with E-state index in [1.807, 2.05) is 30.3 Å². The van der Waals surface area contributed by atoms with E-state index in [2.05, 4.69) is 47.6 Å². The third-order valence-corrected chi connectivity index (χ3v) is 4.40. The van der Waals surface area contributed by atoms with E-state index in [0.29, 0.717) is 12.5 Å². The number of para-hydroxylation sites is 2. The first-order valence-electron chi connectivity index (χ1n) is 8.57. The van der Waals surface area contributed by atoms with Crippen molar-refractivity contribution in [1.82, 2.24) is 5.32 Å². The maximum Gasteiger partial charge on any atom is 0.243 e. The van der Waals surface area contributed by atoms with Gasteiger partial charge >= 0.3 is 0 Å². The SMILES string of the molecule is CC(C)c1ccccc1NC(=O)CN1CCNCc2ccccc21. The van der Waals surface area contributed by atoms with Crippen LogP contribution in [0, 0.1) is 0 Å². The van der Waals surface area contributed by atoms with Gasteiger partial charge in [0.15, 0.2) is 0 Å². The Bertz CT molecular complexity index is 712. The van der Waals surface area contributed by atoms with E-state index < -0.39 is 0 Å². The Kier molecular flexibility index (Phi) is 5.16. The number of benzene rings is 2. The van der Waals surface area contributed by atoms with Crippen LogP contribution < -0.4 is 15.5 Å². The number of hydrogen-bond donors (Lipinski definition) is 2. The summed E-state index contributed by atoms with van der Waals surface area (Å²) in [6, 6.07) is 16.3. The van der Waals surface area contributed by atoms with Crippen molar-refractivity contribution in [3.8, 4) is 0 Å². The first kappa shape index (κ1) is 16.5. The molecule has 1 aliphatic heterocycles. The molecule has 2 N–H and O–H groups in total. The molecule has 0 spiro atoms. The first-order valence-corrected chi connectivity index (χ1v) is 8.57. The molecule has 1 heterocycles. The van der Waals surface area contributed by atoms with E-state index in [9.17, 15) is 4.79 Å². The summed E-state index contributed by atoms with van der Waals surface area (Å²) in [4.78, 5) is 14.8. The Hall–Kier alpha value is -2.33. The Balaban J connectivity index is 1.74. The molecule has 0 aliphatic carbocycles. The molecule has 0 radical (unpaired) electrons. The standard InChI is InChI=1S/C20H25N3O/c1-15(2)17-8-4-5-9-18(17)22-20(24)14-23-12-11-21-13-16-7-3-6-10-19(16)23/h3-10,15,21H,11-14H2,1-2H3,(H,22,24). The van der Waals surface area contributed by atoms with Gasteiger partial charge in [-0.1, -0.05) is 50.2 Å². The van der Waals surface area contributed by atoms with Crippen LogP contribution in [-0.2, 0) is 11.3 Å². The van der Waals surface area contributed by atoms with Gasteiger partial charge in [0, 0.05) is 31.0 Å². The average molecular weight is 323 g/mol. The molecule has 0 aromatic heterocycles. The summed E-state index contributed by atoms with van der Waals surface area (Å²) >= 11 is 0. The zero-order valence-electron chi connectivity index (χ0n) is 14.4. The van der Waals surface area contributed by atoms with Gasteiger partial charge < -0.3 is 15.5 Å². The number of rotatable bonds is 4. The monoisotopic (exact) mass is 323 g/mol. The second-order valence-electron chi connectivity index (χ2n) is 6.52. The summed E-state index contributed by atoms with van der Waals surface area (Å²) in [5.41, 5.74) is 4.47. The number of hydrogen-bond acceptors (Lipinski definition) is 3. The predicted octanol–water partition coefficient (Wildman–Crippen LogP) is 3.36. The van der Waals surface area contributed by atoms with Crippen molar-refractivity contribution in [3.63, 3.8) is 0 Å². The molecule has 0 atom stereocenters. The van der Waals surface area contributed by atoms with Gasteiger partial charge in [-0.3, -0.25) is 4.79 Å². The summed E-state index contributed by atoms with van der Waals surface area (Å²) in [6.07, 6.45) is 0. The fourth-order valence-corrected chi connectivity index (χ4v) is 3.17. The molecule has 0 saturated carbocycles. The lowest BCUT2D eigenvalue weighted by Gasteiger charge is -2.24. The molecular weight excluding hydrogens is 298 g/mol. The highest BCUT2D eigenvalue weighted by Crippen LogP contribution is 2.25. The van der Waals surface area contributed by atoms with E-state index in [-0.39, 0.29) is 5.91 Å². The lowest BCUT2D eigenvalue weighted by molar-refractivity contribution is -0.115. The predicted molar refractivity (Wildman–Crippen MR) is 99.5 cm³/mol. The van der Waals surface area contributed by atoms with Crippen LogP contribution in [0.2, 0.25) is 0 Å². The largest absolute Gasteiger partial charge is 0.361 e. The van der Waals surface area contributed by atoms with Crippen LogP contribution in [0.25, 0.3) is 0 Å². The van der Waals surface area contributed by atoms with E-state index in [1.54, 1.807) is 0 Å². The van der Waals surface area contributed by atoms with Crippen molar-refractivity contribution in [2.45, 2.75) is 26.3 Å². The second kappa shape index (κ2) is 7.49. The average Bonchev–Trinajstić information content (AvgIpc) is 2.78. The molecule has 0 bridgehead atoms. The van der Waals surface area contributed by atoms with Gasteiger partial charge in [-0.05, 0) is 29.2 Å². The molecule has 1 amide bonds. The van der Waals surface area contributed by atoms with Crippen LogP contribution in [0.4, 0.5) is 11.4 Å². The molecule has 2 aromatic carbocycles. The molecule has 1 aliphatic rings. The van der Waals surface area contributed by atoms with Crippen LogP contribution in [-0.4, -0.2) is 25.5 Å². The maximum atomic E-state index is 12.6. The lowest BCUT2D eigenvalue weighted by atomic mass is 10.0. The molecule has 126 valence electrons. The Labute approximate surface area is 143 Å². The van der Waals surface area contributed by atoms with Gasteiger partial charge in [0.25, 0.3) is 0 Å². The summed E-state index contributed by atoms with van der Waals surface area (Å²) < 4.78 is 0. The number of carbonyl (C=O) groups is 1. The quantitative estimate of drug-likeness (QED) is 0.907. The molecular formula is C20H25N3O. The molecule has 0 fully saturated rings. The van der Waals surface area contributed by atoms with Crippen LogP contribution in [0.1, 0.15) is 30.9 Å². The lowest BCUT2D eigenvalue weighted by Crippen LogP contribution is -2.36. The zero-order chi connectivity index (χ0) is 16.9. The molecule has 24 heavy (non-hydrogen) atoms. The number of nitrogens with zero attached hydrogens (tertiary/aromatic N) is 1. The Morgan fingerprint density at radius 3 is 2.75 bits per heavy atom. The molecule has 0 saturated heterocycles. The number of amides is 1. The van der Waals surface area contributed by atoms with Gasteiger partial charge in [0.05, 0.1) is 6.54 Å². The van der Waals surface area contributed by atoms with Crippen molar-refractivity contribution in [1.29, 1.82) is 0 Å². The fourth-order valence-electron chi connectivity index (χ4n) is 3.17. The molecule has 3 rings (SSSR count). The second-order valence-corrected chi connectivity index (χ2v) is 6.52. The normalized spacial score (nSPS) is 14.2. The Morgan fingerprint density at radius 2 is 1.92 bits per heavy atom. The van der Waals surface area contributed by atoms with E-state index >= 15 is 0 Å². The van der Waals surface area contributed by atoms with Crippen molar-refractivity contribution >= 4 is 17.3 Å². The molecule has 0 unspecified atom stereocenters. The van der Waals surface area contributed by atoms with Gasteiger partial charge in [-0.15, -0.1) is 0 Å². The molecule has 2 aromatic rings. The van der Waals surface area contributed by atoms with Crippen LogP contribution >= 0.6 is 0 Å². The smallest absolute Gasteiger partial charge is 0.243 e. The van der Waals surface area contributed by atoms with E-state index in [1.165, 1.54) is 11.1 Å². The minimum Gasteiger partial charge on any atom is -0.361 e. The van der Waals surface area contributed by atoms with Crippen molar-refractivity contribution in [3.05, 3.63) is 59.7 Å². The highest BCUT2D eigenvalue weighted by molar-refractivity contribution is 5.95. The summed E-state index contributed by atoms with van der Waals surface area (Å²) in [7, 11) is 0. The van der Waals surface area contributed by atoms with Crippen LogP contribution in [0.15, 0.2) is 48.5 Å². The van der Waals surface area contributed by atoms with Crippen LogP contribution in [0.5, 0.6) is 0 Å². The number of nitrogens with one attached hydrogen (secondary N) is 2. The van der Waals surface area contributed by atoms with Gasteiger partial charge in [-0.25, -0.2) is 0 Å². The van der Waals surface area contributed by atoms with E-state index in [0.717, 1.165) is 31.0 Å². The third kappa shape index (κ3) is 3.77. The number of fused-ring (bicyclic) bond motifs is 1.